The quantitative estimate of drug-likeness (QED) is 0.367. The predicted molar refractivity (Wildman–Crippen MR) is 123 cm³/mol. The molecule has 0 aliphatic carbocycles. The molecule has 3 rings (SSSR count). The van der Waals surface area contributed by atoms with Crippen molar-refractivity contribution in [3.8, 4) is 5.75 Å². The third-order valence-electron chi connectivity index (χ3n) is 4.61. The van der Waals surface area contributed by atoms with Gasteiger partial charge in [-0.05, 0) is 42.3 Å². The molecule has 0 radical (unpaired) electrons. The standard InChI is InChI=1S/C22H21F3N6O5/c1-12-6-7-17(35-2)15(8-12)29-21(34)28-14-5-3-4-13(9-14)10-27-16-11-31(30-18(16)19(26)32)36-20(33)22(23,24)25/h3-9,11,27H,10H2,1-2H3,(H2,26,32)(H2,28,29,34). The Morgan fingerprint density at radius 2 is 1.83 bits per heavy atom. The summed E-state index contributed by atoms with van der Waals surface area (Å²) in [5.41, 5.74) is 7.16. The van der Waals surface area contributed by atoms with Crippen LogP contribution < -0.4 is 31.3 Å². The van der Waals surface area contributed by atoms with E-state index in [4.69, 9.17) is 10.5 Å². The zero-order valence-electron chi connectivity index (χ0n) is 19.0. The van der Waals surface area contributed by atoms with Crippen LogP contribution >= 0.6 is 0 Å². The van der Waals surface area contributed by atoms with E-state index in [0.717, 1.165) is 11.8 Å². The van der Waals surface area contributed by atoms with Crippen LogP contribution in [0.1, 0.15) is 21.6 Å². The number of primary amides is 1. The van der Waals surface area contributed by atoms with Gasteiger partial charge in [0.1, 0.15) is 5.75 Å². The second-order valence-electron chi connectivity index (χ2n) is 7.37. The lowest BCUT2D eigenvalue weighted by Crippen LogP contribution is -2.33. The SMILES string of the molecule is COc1ccc(C)cc1NC(=O)Nc1cccc(CNc2cn(OC(=O)C(F)(F)F)nc2C(N)=O)c1. The smallest absolute Gasteiger partial charge is 0.493 e. The van der Waals surface area contributed by atoms with Gasteiger partial charge in [0.25, 0.3) is 5.91 Å². The summed E-state index contributed by atoms with van der Waals surface area (Å²) in [6.45, 7) is 1.93. The molecule has 36 heavy (non-hydrogen) atoms. The van der Waals surface area contributed by atoms with Gasteiger partial charge in [-0.3, -0.25) is 4.79 Å². The zero-order valence-corrected chi connectivity index (χ0v) is 19.0. The number of ether oxygens (including phenoxy) is 1. The fourth-order valence-electron chi connectivity index (χ4n) is 3.01. The van der Waals surface area contributed by atoms with E-state index in [0.29, 0.717) is 22.7 Å². The van der Waals surface area contributed by atoms with E-state index in [-0.39, 0.29) is 17.1 Å². The predicted octanol–water partition coefficient (Wildman–Crippen LogP) is 3.07. The minimum Gasteiger partial charge on any atom is -0.495 e. The van der Waals surface area contributed by atoms with Gasteiger partial charge in [-0.15, -0.1) is 5.10 Å². The lowest BCUT2D eigenvalue weighted by Gasteiger charge is -2.13. The van der Waals surface area contributed by atoms with Crippen LogP contribution in [-0.2, 0) is 11.3 Å². The average Bonchev–Trinajstić information content (AvgIpc) is 3.20. The number of nitrogens with two attached hydrogens (primary N) is 1. The molecule has 5 N–H and O–H groups in total. The molecule has 0 spiro atoms. The third-order valence-corrected chi connectivity index (χ3v) is 4.61. The summed E-state index contributed by atoms with van der Waals surface area (Å²) in [7, 11) is 1.48. The maximum Gasteiger partial charge on any atom is 0.493 e. The van der Waals surface area contributed by atoms with Gasteiger partial charge in [-0.1, -0.05) is 23.0 Å². The van der Waals surface area contributed by atoms with Crippen LogP contribution in [0.3, 0.4) is 0 Å². The van der Waals surface area contributed by atoms with Gasteiger partial charge < -0.3 is 31.3 Å². The van der Waals surface area contributed by atoms with Crippen molar-refractivity contribution < 1.29 is 37.1 Å². The molecule has 0 bridgehead atoms. The minimum atomic E-state index is -5.25. The number of aromatic nitrogens is 2. The Morgan fingerprint density at radius 1 is 1.08 bits per heavy atom. The molecule has 14 heteroatoms. The van der Waals surface area contributed by atoms with E-state index in [1.807, 2.05) is 13.0 Å². The molecule has 1 heterocycles. The highest BCUT2D eigenvalue weighted by Crippen LogP contribution is 2.25. The van der Waals surface area contributed by atoms with Crippen molar-refractivity contribution in [2.75, 3.05) is 23.1 Å². The van der Waals surface area contributed by atoms with E-state index >= 15 is 0 Å². The first kappa shape index (κ1) is 25.9. The van der Waals surface area contributed by atoms with E-state index in [2.05, 4.69) is 25.9 Å². The summed E-state index contributed by atoms with van der Waals surface area (Å²) in [5.74, 6) is -3.09. The van der Waals surface area contributed by atoms with E-state index < -0.39 is 29.8 Å². The number of hydrogen-bond donors (Lipinski definition) is 4. The summed E-state index contributed by atoms with van der Waals surface area (Å²) in [6, 6.07) is 11.4. The Bertz CT molecular complexity index is 1290. The number of halogens is 3. The number of anilines is 3. The van der Waals surface area contributed by atoms with Crippen LogP contribution in [0.25, 0.3) is 0 Å². The van der Waals surface area contributed by atoms with Crippen molar-refractivity contribution in [2.45, 2.75) is 19.6 Å². The van der Waals surface area contributed by atoms with Gasteiger partial charge in [0.15, 0.2) is 5.69 Å². The van der Waals surface area contributed by atoms with Crippen molar-refractivity contribution in [2.24, 2.45) is 5.73 Å². The van der Waals surface area contributed by atoms with Crippen LogP contribution in [0, 0.1) is 6.92 Å². The van der Waals surface area contributed by atoms with Gasteiger partial charge in [0, 0.05) is 12.2 Å². The molecular formula is C22H21F3N6O5. The first-order chi connectivity index (χ1) is 17.0. The Labute approximate surface area is 202 Å². The lowest BCUT2D eigenvalue weighted by atomic mass is 10.2. The summed E-state index contributed by atoms with van der Waals surface area (Å²) >= 11 is 0. The van der Waals surface area contributed by atoms with Crippen molar-refractivity contribution in [3.05, 3.63) is 65.5 Å². The maximum atomic E-state index is 12.5. The minimum absolute atomic E-state index is 0.0576. The van der Waals surface area contributed by atoms with Gasteiger partial charge in [-0.2, -0.15) is 13.2 Å². The number of rotatable bonds is 8. The molecule has 0 saturated heterocycles. The number of urea groups is 1. The van der Waals surface area contributed by atoms with Crippen molar-refractivity contribution in [3.63, 3.8) is 0 Å². The van der Waals surface area contributed by atoms with Gasteiger partial charge in [0.05, 0.1) is 24.7 Å². The summed E-state index contributed by atoms with van der Waals surface area (Å²) in [5, 5.41) is 11.6. The summed E-state index contributed by atoms with van der Waals surface area (Å²) < 4.78 is 42.5. The van der Waals surface area contributed by atoms with E-state index in [1.165, 1.54) is 7.11 Å². The van der Waals surface area contributed by atoms with Gasteiger partial charge in [-0.25, -0.2) is 9.59 Å². The normalized spacial score (nSPS) is 10.9. The van der Waals surface area contributed by atoms with E-state index in [1.54, 1.807) is 36.4 Å². The van der Waals surface area contributed by atoms with Gasteiger partial charge >= 0.3 is 18.2 Å². The number of nitrogens with zero attached hydrogens (tertiary/aromatic N) is 2. The van der Waals surface area contributed by atoms with Crippen LogP contribution in [0.15, 0.2) is 48.7 Å². The monoisotopic (exact) mass is 506 g/mol. The molecule has 0 saturated carbocycles. The second kappa shape index (κ2) is 10.7. The average molecular weight is 506 g/mol. The van der Waals surface area contributed by atoms with Crippen LogP contribution in [-0.4, -0.2) is 41.1 Å². The number of alkyl halides is 3. The molecule has 0 atom stereocenters. The third kappa shape index (κ3) is 6.65. The number of benzene rings is 2. The van der Waals surface area contributed by atoms with Crippen LogP contribution in [0.2, 0.25) is 0 Å². The Hall–Kier alpha value is -4.75. The molecule has 0 fully saturated rings. The van der Waals surface area contributed by atoms with Crippen LogP contribution in [0.5, 0.6) is 5.75 Å². The molecule has 1 aromatic heterocycles. The molecule has 0 aliphatic rings. The highest BCUT2D eigenvalue weighted by molar-refractivity contribution is 6.00. The highest BCUT2D eigenvalue weighted by Gasteiger charge is 2.42. The first-order valence-electron chi connectivity index (χ1n) is 10.2. The van der Waals surface area contributed by atoms with Crippen LogP contribution in [0.4, 0.5) is 35.0 Å². The number of hydrogen-bond acceptors (Lipinski definition) is 7. The summed E-state index contributed by atoms with van der Waals surface area (Å²) in [4.78, 5) is 39.3. The molecule has 0 aliphatic heterocycles. The van der Waals surface area contributed by atoms with Crippen molar-refractivity contribution >= 4 is 35.0 Å². The molecular weight excluding hydrogens is 485 g/mol. The lowest BCUT2D eigenvalue weighted by molar-refractivity contribution is -0.201. The number of amides is 3. The largest absolute Gasteiger partial charge is 0.495 e. The molecule has 3 amide bonds. The molecule has 190 valence electrons. The first-order valence-corrected chi connectivity index (χ1v) is 10.2. The number of carbonyl (C=O) groups is 3. The van der Waals surface area contributed by atoms with Crippen molar-refractivity contribution in [1.82, 2.24) is 9.94 Å². The maximum absolute atomic E-state index is 12.5. The fourth-order valence-corrected chi connectivity index (χ4v) is 3.01. The fraction of sp³-hybridized carbons (Fsp3) is 0.182. The second-order valence-corrected chi connectivity index (χ2v) is 7.37. The molecule has 2 aromatic carbocycles. The number of nitrogens with one attached hydrogen (secondary N) is 3. The zero-order chi connectivity index (χ0) is 26.5. The number of aryl methyl sites for hydroxylation is 1. The molecule has 0 unspecified atom stereocenters. The van der Waals surface area contributed by atoms with Crippen molar-refractivity contribution in [1.29, 1.82) is 0 Å². The van der Waals surface area contributed by atoms with E-state index in [9.17, 15) is 27.6 Å². The molecule has 3 aromatic rings. The number of carbonyl (C=O) groups excluding carboxylic acids is 3. The molecule has 11 nitrogen and oxygen atoms in total. The Morgan fingerprint density at radius 3 is 2.50 bits per heavy atom. The highest BCUT2D eigenvalue weighted by atomic mass is 19.4. The number of methoxy groups -OCH3 is 1. The topological polar surface area (TPSA) is 150 Å². The Balaban J connectivity index is 1.67. The van der Waals surface area contributed by atoms with Gasteiger partial charge in [0.2, 0.25) is 0 Å². The summed E-state index contributed by atoms with van der Waals surface area (Å²) in [6.07, 6.45) is -4.38. The Kier molecular flexibility index (Phi) is 7.67.